The number of ether oxygens (including phenoxy) is 3. The van der Waals surface area contributed by atoms with Gasteiger partial charge in [0, 0.05) is 31.6 Å². The molecule has 7 heteroatoms. The van der Waals surface area contributed by atoms with Gasteiger partial charge in [0.1, 0.15) is 0 Å². The molecule has 2 aromatic carbocycles. The molecule has 2 aromatic rings. The van der Waals surface area contributed by atoms with Crippen LogP contribution in [0.5, 0.6) is 17.2 Å². The fourth-order valence-electron chi connectivity index (χ4n) is 5.18. The summed E-state index contributed by atoms with van der Waals surface area (Å²) in [6.07, 6.45) is 2.40. The largest absolute Gasteiger partial charge is 0.493 e. The highest BCUT2D eigenvalue weighted by atomic mass is 35.5. The van der Waals surface area contributed by atoms with E-state index < -0.39 is 0 Å². The standard InChI is InChI=1S/C23H28N2O3.2ClH/c1-26-20-9-18(10-21-22(20)28-16-27-21)12-25-13-19-11-24-14-23(19,15-25)8-7-17-5-3-2-4-6-17;;/h2-6,9-10,19,24H,7-8,11-16H2,1H3;2*1H. The Morgan fingerprint density at radius 1 is 1.13 bits per heavy atom. The van der Waals surface area contributed by atoms with Gasteiger partial charge in [-0.05, 0) is 48.6 Å². The molecule has 0 saturated carbocycles. The van der Waals surface area contributed by atoms with E-state index in [1.807, 2.05) is 0 Å². The van der Waals surface area contributed by atoms with Crippen molar-refractivity contribution in [2.75, 3.05) is 40.1 Å². The highest BCUT2D eigenvalue weighted by Gasteiger charge is 2.48. The maximum Gasteiger partial charge on any atom is 0.231 e. The van der Waals surface area contributed by atoms with Gasteiger partial charge in [0.25, 0.3) is 0 Å². The van der Waals surface area contributed by atoms with Gasteiger partial charge >= 0.3 is 0 Å². The number of hydrogen-bond donors (Lipinski definition) is 1. The van der Waals surface area contributed by atoms with E-state index in [9.17, 15) is 0 Å². The molecular weight excluding hydrogens is 423 g/mol. The Morgan fingerprint density at radius 3 is 2.77 bits per heavy atom. The lowest BCUT2D eigenvalue weighted by molar-refractivity contribution is 0.171. The quantitative estimate of drug-likeness (QED) is 0.719. The minimum atomic E-state index is 0. The molecule has 0 aromatic heterocycles. The first-order valence-corrected chi connectivity index (χ1v) is 10.2. The van der Waals surface area contributed by atoms with E-state index in [0.717, 1.165) is 62.3 Å². The topological polar surface area (TPSA) is 43.0 Å². The van der Waals surface area contributed by atoms with Crippen LogP contribution in [0.15, 0.2) is 42.5 Å². The molecule has 1 N–H and O–H groups in total. The van der Waals surface area contributed by atoms with Crippen molar-refractivity contribution >= 4 is 24.8 Å². The van der Waals surface area contributed by atoms with Gasteiger partial charge in [-0.2, -0.15) is 0 Å². The molecule has 2 unspecified atom stereocenters. The van der Waals surface area contributed by atoms with Crippen LogP contribution in [0, 0.1) is 11.3 Å². The van der Waals surface area contributed by atoms with Gasteiger partial charge in [-0.25, -0.2) is 0 Å². The minimum Gasteiger partial charge on any atom is -0.493 e. The van der Waals surface area contributed by atoms with Crippen LogP contribution >= 0.6 is 24.8 Å². The first-order chi connectivity index (χ1) is 13.8. The van der Waals surface area contributed by atoms with Crippen molar-refractivity contribution in [1.29, 1.82) is 0 Å². The highest BCUT2D eigenvalue weighted by Crippen LogP contribution is 2.45. The lowest BCUT2D eigenvalue weighted by Crippen LogP contribution is -2.33. The van der Waals surface area contributed by atoms with Crippen LogP contribution in [0.4, 0.5) is 0 Å². The summed E-state index contributed by atoms with van der Waals surface area (Å²) in [6, 6.07) is 15.1. The van der Waals surface area contributed by atoms with Gasteiger partial charge in [-0.1, -0.05) is 30.3 Å². The van der Waals surface area contributed by atoms with Crippen molar-refractivity contribution in [3.8, 4) is 17.2 Å². The third-order valence-corrected chi connectivity index (χ3v) is 6.63. The average Bonchev–Trinajstić information content (AvgIpc) is 3.41. The fourth-order valence-corrected chi connectivity index (χ4v) is 5.18. The summed E-state index contributed by atoms with van der Waals surface area (Å²) in [4.78, 5) is 2.60. The molecule has 2 saturated heterocycles. The van der Waals surface area contributed by atoms with Gasteiger partial charge < -0.3 is 19.5 Å². The first kappa shape index (κ1) is 23.0. The van der Waals surface area contributed by atoms with E-state index in [-0.39, 0.29) is 31.6 Å². The highest BCUT2D eigenvalue weighted by molar-refractivity contribution is 5.85. The minimum absolute atomic E-state index is 0. The Bertz CT molecular complexity index is 852. The lowest BCUT2D eigenvalue weighted by Gasteiger charge is -2.28. The van der Waals surface area contributed by atoms with Gasteiger partial charge in [0.15, 0.2) is 11.5 Å². The Morgan fingerprint density at radius 2 is 1.97 bits per heavy atom. The molecule has 5 rings (SSSR count). The Balaban J connectivity index is 0.00000128. The molecule has 3 aliphatic heterocycles. The Hall–Kier alpha value is -1.66. The lowest BCUT2D eigenvalue weighted by atomic mass is 9.76. The number of nitrogens with one attached hydrogen (secondary N) is 1. The second-order valence-corrected chi connectivity index (χ2v) is 8.38. The van der Waals surface area contributed by atoms with E-state index in [4.69, 9.17) is 14.2 Å². The summed E-state index contributed by atoms with van der Waals surface area (Å²) in [5.41, 5.74) is 3.06. The van der Waals surface area contributed by atoms with E-state index in [1.165, 1.54) is 17.5 Å². The summed E-state index contributed by atoms with van der Waals surface area (Å²) in [5.74, 6) is 3.03. The fraction of sp³-hybridized carbons (Fsp3) is 0.478. The van der Waals surface area contributed by atoms with Crippen LogP contribution in [0.1, 0.15) is 17.5 Å². The molecule has 0 radical (unpaired) electrons. The summed E-state index contributed by atoms with van der Waals surface area (Å²) in [5, 5.41) is 3.65. The van der Waals surface area contributed by atoms with E-state index in [1.54, 1.807) is 7.11 Å². The van der Waals surface area contributed by atoms with Crippen molar-refractivity contribution < 1.29 is 14.2 Å². The summed E-state index contributed by atoms with van der Waals surface area (Å²) in [7, 11) is 1.69. The molecule has 2 fully saturated rings. The summed E-state index contributed by atoms with van der Waals surface area (Å²) in [6.45, 7) is 5.76. The molecule has 0 bridgehead atoms. The molecule has 3 heterocycles. The normalized spacial score (nSPS) is 24.1. The molecule has 0 spiro atoms. The van der Waals surface area contributed by atoms with Crippen LogP contribution in [0.25, 0.3) is 0 Å². The number of hydrogen-bond acceptors (Lipinski definition) is 5. The molecule has 0 aliphatic carbocycles. The number of nitrogens with zero attached hydrogens (tertiary/aromatic N) is 1. The number of likely N-dealkylation sites (tertiary alicyclic amines) is 1. The van der Waals surface area contributed by atoms with Gasteiger partial charge in [-0.15, -0.1) is 24.8 Å². The van der Waals surface area contributed by atoms with Crippen molar-refractivity contribution in [2.24, 2.45) is 11.3 Å². The number of halogens is 2. The molecule has 164 valence electrons. The molecule has 5 nitrogen and oxygen atoms in total. The first-order valence-electron chi connectivity index (χ1n) is 10.2. The van der Waals surface area contributed by atoms with Crippen LogP contribution < -0.4 is 19.5 Å². The molecule has 3 aliphatic rings. The third kappa shape index (κ3) is 4.35. The Kier molecular flexibility index (Phi) is 7.40. The predicted octanol–water partition coefficient (Wildman–Crippen LogP) is 3.92. The maximum atomic E-state index is 5.60. The molecule has 0 amide bonds. The third-order valence-electron chi connectivity index (χ3n) is 6.63. The van der Waals surface area contributed by atoms with Crippen LogP contribution in [0.2, 0.25) is 0 Å². The number of benzene rings is 2. The van der Waals surface area contributed by atoms with Gasteiger partial charge in [0.2, 0.25) is 12.5 Å². The number of fused-ring (bicyclic) bond motifs is 2. The van der Waals surface area contributed by atoms with Crippen molar-refractivity contribution in [2.45, 2.75) is 19.4 Å². The summed E-state index contributed by atoms with van der Waals surface area (Å²) >= 11 is 0. The zero-order chi connectivity index (χ0) is 19.0. The second kappa shape index (κ2) is 9.65. The number of aryl methyl sites for hydroxylation is 1. The zero-order valence-electron chi connectivity index (χ0n) is 17.3. The van der Waals surface area contributed by atoms with Crippen molar-refractivity contribution in [3.63, 3.8) is 0 Å². The molecule has 2 atom stereocenters. The van der Waals surface area contributed by atoms with Crippen molar-refractivity contribution in [1.82, 2.24) is 10.2 Å². The summed E-state index contributed by atoms with van der Waals surface area (Å²) < 4.78 is 16.6. The maximum absolute atomic E-state index is 5.60. The van der Waals surface area contributed by atoms with Crippen LogP contribution in [0.3, 0.4) is 0 Å². The van der Waals surface area contributed by atoms with E-state index in [0.29, 0.717) is 5.41 Å². The van der Waals surface area contributed by atoms with Gasteiger partial charge in [0.05, 0.1) is 7.11 Å². The SMILES string of the molecule is COc1cc(CN2CC3CNCC3(CCc3ccccc3)C2)cc2c1OCO2.Cl.Cl. The molecule has 30 heavy (non-hydrogen) atoms. The smallest absolute Gasteiger partial charge is 0.231 e. The van der Waals surface area contributed by atoms with E-state index >= 15 is 0 Å². The number of methoxy groups -OCH3 is 1. The monoisotopic (exact) mass is 452 g/mol. The van der Waals surface area contributed by atoms with E-state index in [2.05, 4.69) is 52.7 Å². The van der Waals surface area contributed by atoms with Crippen LogP contribution in [-0.2, 0) is 13.0 Å². The van der Waals surface area contributed by atoms with Crippen LogP contribution in [-0.4, -0.2) is 45.0 Å². The van der Waals surface area contributed by atoms with Crippen molar-refractivity contribution in [3.05, 3.63) is 53.6 Å². The zero-order valence-corrected chi connectivity index (χ0v) is 18.9. The predicted molar refractivity (Wildman–Crippen MR) is 122 cm³/mol. The molecular formula is C23H30Cl2N2O3. The van der Waals surface area contributed by atoms with Gasteiger partial charge in [-0.3, -0.25) is 4.90 Å². The second-order valence-electron chi connectivity index (χ2n) is 8.38. The number of rotatable bonds is 6. The average molecular weight is 453 g/mol. The Labute approximate surface area is 190 Å².